The standard InChI is InChI=1S/C7H11N2/c1-3-4-7-6(2)8-5-9-7/h3-4H2,1-2H3,(H,8,9). The third-order valence-corrected chi connectivity index (χ3v) is 1.35. The van der Waals surface area contributed by atoms with E-state index in [1.165, 1.54) is 0 Å². The minimum absolute atomic E-state index is 1.06. The molecule has 0 bridgehead atoms. The Kier molecular flexibility index (Phi) is 1.88. The van der Waals surface area contributed by atoms with Crippen molar-refractivity contribution in [3.63, 3.8) is 0 Å². The monoisotopic (exact) mass is 123 g/mol. The fraction of sp³-hybridized carbons (Fsp3) is 0.571. The minimum atomic E-state index is 1.06. The van der Waals surface area contributed by atoms with Gasteiger partial charge in [-0.1, -0.05) is 13.3 Å². The van der Waals surface area contributed by atoms with Crippen molar-refractivity contribution in [2.45, 2.75) is 26.7 Å². The maximum absolute atomic E-state index is 4.02. The Morgan fingerprint density at radius 3 is 2.89 bits per heavy atom. The first-order valence-electron chi connectivity index (χ1n) is 3.26. The average molecular weight is 123 g/mol. The van der Waals surface area contributed by atoms with Gasteiger partial charge in [-0.25, -0.2) is 4.98 Å². The van der Waals surface area contributed by atoms with Crippen molar-refractivity contribution < 1.29 is 0 Å². The van der Waals surface area contributed by atoms with E-state index in [4.69, 9.17) is 0 Å². The lowest BCUT2D eigenvalue weighted by Crippen LogP contribution is -1.85. The number of hydrogen-bond donors (Lipinski definition) is 1. The van der Waals surface area contributed by atoms with Gasteiger partial charge in [-0.15, -0.1) is 0 Å². The number of aryl methyl sites for hydroxylation is 2. The van der Waals surface area contributed by atoms with Crippen LogP contribution in [0.25, 0.3) is 0 Å². The van der Waals surface area contributed by atoms with Crippen molar-refractivity contribution in [3.8, 4) is 0 Å². The molecule has 1 aromatic rings. The smallest absolute Gasteiger partial charge is 0.174 e. The molecule has 1 heterocycles. The van der Waals surface area contributed by atoms with E-state index in [1.807, 2.05) is 6.92 Å². The molecule has 1 rings (SSSR count). The van der Waals surface area contributed by atoms with Gasteiger partial charge in [-0.05, 0) is 13.3 Å². The quantitative estimate of drug-likeness (QED) is 0.633. The Labute approximate surface area is 55.3 Å². The van der Waals surface area contributed by atoms with Crippen molar-refractivity contribution in [1.82, 2.24) is 9.97 Å². The summed E-state index contributed by atoms with van der Waals surface area (Å²) in [5.74, 6) is 0. The van der Waals surface area contributed by atoms with Crippen LogP contribution in [0.15, 0.2) is 0 Å². The van der Waals surface area contributed by atoms with Gasteiger partial charge in [0.05, 0.1) is 5.69 Å². The molecule has 2 nitrogen and oxygen atoms in total. The van der Waals surface area contributed by atoms with Crippen molar-refractivity contribution in [2.75, 3.05) is 0 Å². The zero-order valence-electron chi connectivity index (χ0n) is 5.86. The van der Waals surface area contributed by atoms with Crippen LogP contribution in [0.3, 0.4) is 0 Å². The summed E-state index contributed by atoms with van der Waals surface area (Å²) in [4.78, 5) is 6.94. The second kappa shape index (κ2) is 2.67. The SMILES string of the molecule is CCCc1n[c][nH]c1C. The van der Waals surface area contributed by atoms with E-state index in [0.29, 0.717) is 0 Å². The zero-order valence-corrected chi connectivity index (χ0v) is 5.86. The molecule has 0 aliphatic carbocycles. The van der Waals surface area contributed by atoms with Crippen molar-refractivity contribution >= 4 is 0 Å². The fourth-order valence-corrected chi connectivity index (χ4v) is 0.815. The molecule has 0 aliphatic rings. The van der Waals surface area contributed by atoms with Crippen LogP contribution in [-0.4, -0.2) is 9.97 Å². The minimum Gasteiger partial charge on any atom is -0.339 e. The number of hydrogen-bond acceptors (Lipinski definition) is 1. The predicted molar refractivity (Wildman–Crippen MR) is 36.2 cm³/mol. The van der Waals surface area contributed by atoms with Crippen LogP contribution in [0.4, 0.5) is 0 Å². The summed E-state index contributed by atoms with van der Waals surface area (Å²) in [6, 6.07) is 0. The van der Waals surface area contributed by atoms with Gasteiger partial charge in [0.15, 0.2) is 6.33 Å². The van der Waals surface area contributed by atoms with Gasteiger partial charge < -0.3 is 4.98 Å². The number of aromatic nitrogens is 2. The van der Waals surface area contributed by atoms with E-state index >= 15 is 0 Å². The Bertz CT molecular complexity index is 179. The summed E-state index contributed by atoms with van der Waals surface area (Å²) in [7, 11) is 0. The molecule has 0 spiro atoms. The Balaban J connectivity index is 2.69. The van der Waals surface area contributed by atoms with E-state index in [9.17, 15) is 0 Å². The second-order valence-corrected chi connectivity index (χ2v) is 2.17. The van der Waals surface area contributed by atoms with Crippen LogP contribution in [0.2, 0.25) is 0 Å². The molecular formula is C7H11N2. The normalized spacial score (nSPS) is 10.0. The van der Waals surface area contributed by atoms with E-state index in [1.54, 1.807) is 0 Å². The highest BCUT2D eigenvalue weighted by atomic mass is 14.9. The van der Waals surface area contributed by atoms with E-state index in [0.717, 1.165) is 24.2 Å². The lowest BCUT2D eigenvalue weighted by atomic mass is 10.2. The van der Waals surface area contributed by atoms with Crippen LogP contribution < -0.4 is 0 Å². The molecular weight excluding hydrogens is 112 g/mol. The molecule has 0 amide bonds. The van der Waals surface area contributed by atoms with Crippen LogP contribution >= 0.6 is 0 Å². The van der Waals surface area contributed by atoms with Gasteiger partial charge in [0.1, 0.15) is 0 Å². The topological polar surface area (TPSA) is 28.7 Å². The predicted octanol–water partition coefficient (Wildman–Crippen LogP) is 1.47. The molecule has 0 fully saturated rings. The Hall–Kier alpha value is -0.790. The van der Waals surface area contributed by atoms with Gasteiger partial charge in [0.25, 0.3) is 0 Å². The summed E-state index contributed by atoms with van der Waals surface area (Å²) < 4.78 is 0. The van der Waals surface area contributed by atoms with Crippen LogP contribution in [0, 0.1) is 13.3 Å². The first-order chi connectivity index (χ1) is 4.34. The Morgan fingerprint density at radius 2 is 2.44 bits per heavy atom. The highest BCUT2D eigenvalue weighted by Crippen LogP contribution is 2.01. The van der Waals surface area contributed by atoms with Crippen LogP contribution in [0.5, 0.6) is 0 Å². The van der Waals surface area contributed by atoms with E-state index in [-0.39, 0.29) is 0 Å². The molecule has 49 valence electrons. The Morgan fingerprint density at radius 1 is 1.67 bits per heavy atom. The summed E-state index contributed by atoms with van der Waals surface area (Å²) >= 11 is 0. The van der Waals surface area contributed by atoms with Crippen LogP contribution in [0.1, 0.15) is 24.7 Å². The molecule has 0 saturated carbocycles. The van der Waals surface area contributed by atoms with Gasteiger partial charge in [0.2, 0.25) is 0 Å². The largest absolute Gasteiger partial charge is 0.339 e. The molecule has 1 radical (unpaired) electrons. The highest BCUT2D eigenvalue weighted by Gasteiger charge is 1.96. The molecule has 1 aromatic heterocycles. The average Bonchev–Trinajstić information content (AvgIpc) is 2.18. The number of aromatic amines is 1. The maximum atomic E-state index is 4.02. The summed E-state index contributed by atoms with van der Waals surface area (Å²) in [6.07, 6.45) is 4.92. The number of H-pyrrole nitrogens is 1. The molecule has 0 aliphatic heterocycles. The molecule has 1 N–H and O–H groups in total. The van der Waals surface area contributed by atoms with Gasteiger partial charge >= 0.3 is 0 Å². The van der Waals surface area contributed by atoms with E-state index in [2.05, 4.69) is 23.2 Å². The fourth-order valence-electron chi connectivity index (χ4n) is 0.815. The number of nitrogens with one attached hydrogen (secondary N) is 1. The second-order valence-electron chi connectivity index (χ2n) is 2.17. The first kappa shape index (κ1) is 6.33. The number of rotatable bonds is 2. The van der Waals surface area contributed by atoms with Gasteiger partial charge in [0, 0.05) is 5.69 Å². The van der Waals surface area contributed by atoms with Crippen molar-refractivity contribution in [1.29, 1.82) is 0 Å². The number of nitrogens with zero attached hydrogens (tertiary/aromatic N) is 1. The molecule has 9 heavy (non-hydrogen) atoms. The third kappa shape index (κ3) is 1.31. The zero-order chi connectivity index (χ0) is 6.69. The lowest BCUT2D eigenvalue weighted by Gasteiger charge is -1.90. The molecule has 0 atom stereocenters. The van der Waals surface area contributed by atoms with Gasteiger partial charge in [-0.2, -0.15) is 0 Å². The summed E-state index contributed by atoms with van der Waals surface area (Å²) in [6.45, 7) is 4.17. The first-order valence-corrected chi connectivity index (χ1v) is 3.26. The molecule has 2 heteroatoms. The lowest BCUT2D eigenvalue weighted by molar-refractivity contribution is 0.882. The number of imidazole rings is 1. The van der Waals surface area contributed by atoms with E-state index < -0.39 is 0 Å². The molecule has 0 saturated heterocycles. The summed E-state index contributed by atoms with van der Waals surface area (Å²) in [5, 5.41) is 0. The van der Waals surface area contributed by atoms with Crippen molar-refractivity contribution in [2.24, 2.45) is 0 Å². The third-order valence-electron chi connectivity index (χ3n) is 1.35. The highest BCUT2D eigenvalue weighted by molar-refractivity contribution is 5.07. The molecule has 0 unspecified atom stereocenters. The van der Waals surface area contributed by atoms with Gasteiger partial charge in [-0.3, -0.25) is 0 Å². The summed E-state index contributed by atoms with van der Waals surface area (Å²) in [5.41, 5.74) is 2.30. The maximum Gasteiger partial charge on any atom is 0.174 e. The van der Waals surface area contributed by atoms with Crippen LogP contribution in [-0.2, 0) is 6.42 Å². The van der Waals surface area contributed by atoms with Crippen molar-refractivity contribution in [3.05, 3.63) is 17.7 Å². The molecule has 0 aromatic carbocycles.